The van der Waals surface area contributed by atoms with Gasteiger partial charge in [-0.25, -0.2) is 4.79 Å². The fourth-order valence-corrected chi connectivity index (χ4v) is 3.54. The van der Waals surface area contributed by atoms with Crippen LogP contribution >= 0.6 is 0 Å². The Labute approximate surface area is 181 Å². The lowest BCUT2D eigenvalue weighted by Gasteiger charge is -2.33. The van der Waals surface area contributed by atoms with Crippen LogP contribution in [-0.2, 0) is 9.59 Å². The zero-order valence-electron chi connectivity index (χ0n) is 17.6. The summed E-state index contributed by atoms with van der Waals surface area (Å²) >= 11 is 0. The summed E-state index contributed by atoms with van der Waals surface area (Å²) in [5.74, 6) is -1.56. The molecule has 31 heavy (non-hydrogen) atoms. The first-order valence-electron chi connectivity index (χ1n) is 9.99. The van der Waals surface area contributed by atoms with Gasteiger partial charge in [-0.15, -0.1) is 13.2 Å². The van der Waals surface area contributed by atoms with E-state index >= 15 is 0 Å². The van der Waals surface area contributed by atoms with E-state index in [-0.39, 0.29) is 30.2 Å². The largest absolute Gasteiger partial charge is 0.507 e. The van der Waals surface area contributed by atoms with Crippen LogP contribution in [0.25, 0.3) is 5.76 Å². The van der Waals surface area contributed by atoms with E-state index in [1.807, 2.05) is 19.9 Å². The Bertz CT molecular complexity index is 986. The van der Waals surface area contributed by atoms with Crippen molar-refractivity contribution < 1.29 is 24.2 Å². The van der Waals surface area contributed by atoms with Crippen LogP contribution in [0, 0.1) is 0 Å². The van der Waals surface area contributed by atoms with Crippen molar-refractivity contribution in [2.75, 3.05) is 31.1 Å². The first kappa shape index (κ1) is 21.9. The monoisotopic (exact) mass is 423 g/mol. The molecule has 0 bridgehead atoms. The van der Waals surface area contributed by atoms with Crippen molar-refractivity contribution in [2.45, 2.75) is 13.8 Å². The molecule has 3 rings (SSSR count). The number of fused-ring (bicyclic) bond motifs is 1. The smallest absolute Gasteiger partial charge is 0.334 e. The molecule has 0 saturated carbocycles. The van der Waals surface area contributed by atoms with Gasteiger partial charge in [-0.2, -0.15) is 0 Å². The van der Waals surface area contributed by atoms with Gasteiger partial charge >= 0.3 is 6.03 Å². The zero-order valence-corrected chi connectivity index (χ0v) is 17.6. The number of aliphatic hydroxyl groups is 1. The molecule has 2 aliphatic rings. The maximum atomic E-state index is 13.0. The van der Waals surface area contributed by atoms with Crippen LogP contribution in [0.2, 0.25) is 0 Å². The predicted octanol–water partition coefficient (Wildman–Crippen LogP) is 3.24. The average Bonchev–Trinajstić information content (AvgIpc) is 2.75. The lowest BCUT2D eigenvalue weighted by Crippen LogP contribution is -2.56. The number of nitrogens with zero attached hydrogens (tertiary/aromatic N) is 3. The molecule has 0 atom stereocenters. The SMILES string of the molecule is C=CCN1C(=O)C(=C2C=C(O)c3ccc(N(CC)CC)cc3O2)C(=O)N(CC=C)C1=O. The van der Waals surface area contributed by atoms with Crippen molar-refractivity contribution in [2.24, 2.45) is 0 Å². The summed E-state index contributed by atoms with van der Waals surface area (Å²) in [6.07, 6.45) is 4.00. The lowest BCUT2D eigenvalue weighted by atomic mass is 10.0. The second-order valence-electron chi connectivity index (χ2n) is 6.92. The molecule has 2 heterocycles. The molecular weight excluding hydrogens is 398 g/mol. The van der Waals surface area contributed by atoms with E-state index in [9.17, 15) is 19.5 Å². The summed E-state index contributed by atoms with van der Waals surface area (Å²) in [5.41, 5.74) is 0.979. The number of hydrogen-bond acceptors (Lipinski definition) is 6. The van der Waals surface area contributed by atoms with Gasteiger partial charge in [0.05, 0.1) is 5.56 Å². The number of rotatable bonds is 7. The maximum absolute atomic E-state index is 13.0. The maximum Gasteiger partial charge on any atom is 0.334 e. The highest BCUT2D eigenvalue weighted by atomic mass is 16.5. The molecule has 0 unspecified atom stereocenters. The molecule has 8 heteroatoms. The molecule has 2 aliphatic heterocycles. The Kier molecular flexibility index (Phi) is 6.29. The second-order valence-corrected chi connectivity index (χ2v) is 6.92. The van der Waals surface area contributed by atoms with E-state index < -0.39 is 17.8 Å². The molecule has 4 amide bonds. The van der Waals surface area contributed by atoms with Crippen LogP contribution in [0.5, 0.6) is 5.75 Å². The van der Waals surface area contributed by atoms with E-state index in [4.69, 9.17) is 4.74 Å². The normalized spacial score (nSPS) is 16.1. The van der Waals surface area contributed by atoms with Gasteiger partial charge in [0, 0.05) is 44.0 Å². The lowest BCUT2D eigenvalue weighted by molar-refractivity contribution is -0.135. The highest BCUT2D eigenvalue weighted by Crippen LogP contribution is 2.37. The van der Waals surface area contributed by atoms with E-state index in [0.717, 1.165) is 28.6 Å². The topological polar surface area (TPSA) is 90.4 Å². The van der Waals surface area contributed by atoms with Crippen LogP contribution in [0.4, 0.5) is 10.5 Å². The van der Waals surface area contributed by atoms with Crippen LogP contribution in [0.3, 0.4) is 0 Å². The van der Waals surface area contributed by atoms with Crippen molar-refractivity contribution >= 4 is 29.3 Å². The second kappa shape index (κ2) is 8.91. The Morgan fingerprint density at radius 3 is 2.13 bits per heavy atom. The van der Waals surface area contributed by atoms with Crippen molar-refractivity contribution in [1.29, 1.82) is 0 Å². The van der Waals surface area contributed by atoms with Crippen molar-refractivity contribution in [1.82, 2.24) is 9.80 Å². The van der Waals surface area contributed by atoms with Crippen LogP contribution in [0.1, 0.15) is 19.4 Å². The number of aliphatic hydroxyl groups excluding tert-OH is 1. The van der Waals surface area contributed by atoms with Crippen LogP contribution < -0.4 is 9.64 Å². The minimum Gasteiger partial charge on any atom is -0.507 e. The average molecular weight is 423 g/mol. The molecule has 0 radical (unpaired) electrons. The number of benzene rings is 1. The van der Waals surface area contributed by atoms with Gasteiger partial charge in [0.2, 0.25) is 0 Å². The molecule has 1 N–H and O–H groups in total. The first-order chi connectivity index (χ1) is 14.9. The molecule has 1 saturated heterocycles. The molecule has 8 nitrogen and oxygen atoms in total. The molecule has 162 valence electrons. The minimum absolute atomic E-state index is 0.0756. The van der Waals surface area contributed by atoms with Gasteiger partial charge in [0.25, 0.3) is 11.8 Å². The molecule has 1 aromatic rings. The Morgan fingerprint density at radius 2 is 1.61 bits per heavy atom. The number of ether oxygens (including phenoxy) is 1. The number of carbonyl (C=O) groups is 3. The molecule has 1 fully saturated rings. The van der Waals surface area contributed by atoms with E-state index in [1.165, 1.54) is 18.2 Å². The molecule has 0 aliphatic carbocycles. The number of allylic oxidation sites excluding steroid dienone is 1. The highest BCUT2D eigenvalue weighted by molar-refractivity contribution is 6.29. The van der Waals surface area contributed by atoms with Gasteiger partial charge in [-0.1, -0.05) is 12.2 Å². The zero-order chi connectivity index (χ0) is 22.7. The number of hydrogen-bond donors (Lipinski definition) is 1. The molecular formula is C23H25N3O5. The summed E-state index contributed by atoms with van der Waals surface area (Å²) in [6.45, 7) is 12.6. The number of carbonyl (C=O) groups excluding carboxylic acids is 3. The third-order valence-electron chi connectivity index (χ3n) is 5.11. The van der Waals surface area contributed by atoms with Crippen molar-refractivity contribution in [3.63, 3.8) is 0 Å². The minimum atomic E-state index is -0.808. The fourth-order valence-electron chi connectivity index (χ4n) is 3.54. The Hall–Kier alpha value is -3.81. The number of anilines is 1. The summed E-state index contributed by atoms with van der Waals surface area (Å²) < 4.78 is 5.91. The van der Waals surface area contributed by atoms with Crippen molar-refractivity contribution in [3.8, 4) is 5.75 Å². The quantitative estimate of drug-likeness (QED) is 0.411. The Balaban J connectivity index is 2.11. The Morgan fingerprint density at radius 1 is 1.03 bits per heavy atom. The number of barbiturate groups is 1. The predicted molar refractivity (Wildman–Crippen MR) is 117 cm³/mol. The number of urea groups is 1. The summed E-state index contributed by atoms with van der Waals surface area (Å²) in [6, 6.07) is 4.58. The third kappa shape index (κ3) is 3.84. The summed E-state index contributed by atoms with van der Waals surface area (Å²) in [5, 5.41) is 10.6. The number of imide groups is 2. The van der Waals surface area contributed by atoms with Gasteiger partial charge in [0.15, 0.2) is 0 Å². The van der Waals surface area contributed by atoms with Gasteiger partial charge in [-0.3, -0.25) is 19.4 Å². The summed E-state index contributed by atoms with van der Waals surface area (Å²) in [4.78, 5) is 42.5. The highest BCUT2D eigenvalue weighted by Gasteiger charge is 2.43. The van der Waals surface area contributed by atoms with Gasteiger partial charge in [-0.05, 0) is 26.0 Å². The fraction of sp³-hybridized carbons (Fsp3) is 0.261. The van der Waals surface area contributed by atoms with Gasteiger partial charge in [0.1, 0.15) is 22.8 Å². The van der Waals surface area contributed by atoms with Crippen LogP contribution in [0.15, 0.2) is 60.9 Å². The van der Waals surface area contributed by atoms with E-state index in [2.05, 4.69) is 18.1 Å². The number of amides is 4. The van der Waals surface area contributed by atoms with Crippen LogP contribution in [-0.4, -0.2) is 58.9 Å². The van der Waals surface area contributed by atoms with E-state index in [1.54, 1.807) is 12.1 Å². The molecule has 0 spiro atoms. The molecule has 0 aromatic heterocycles. The van der Waals surface area contributed by atoms with Crippen molar-refractivity contribution in [3.05, 3.63) is 66.5 Å². The van der Waals surface area contributed by atoms with E-state index in [0.29, 0.717) is 11.3 Å². The van der Waals surface area contributed by atoms with Gasteiger partial charge < -0.3 is 14.7 Å². The standard InChI is InChI=1S/C23H25N3O5/c1-5-11-25-21(28)20(22(29)26(12-6-2)23(25)30)19-14-17(27)16-10-9-15(13-18(16)31-19)24(7-3)8-4/h5-6,9-10,13-14,27H,1-2,7-8,11-12H2,3-4H3. The summed E-state index contributed by atoms with van der Waals surface area (Å²) in [7, 11) is 0. The third-order valence-corrected chi connectivity index (χ3v) is 5.11. The molecule has 1 aromatic carbocycles. The first-order valence-corrected chi connectivity index (χ1v) is 9.99.